The first kappa shape index (κ1) is 77.8. The van der Waals surface area contributed by atoms with Gasteiger partial charge in [0.25, 0.3) is 0 Å². The first-order valence-corrected chi connectivity index (χ1v) is 34.5. The molecule has 0 rings (SSSR count). The Morgan fingerprint density at radius 2 is 0.476 bits per heavy atom. The average molecular weight is 1140 g/mol. The number of allylic oxidation sites excluding steroid dienone is 20. The zero-order chi connectivity index (χ0) is 59.2. The van der Waals surface area contributed by atoms with Crippen molar-refractivity contribution in [3.05, 3.63) is 122 Å². The maximum atomic E-state index is 12.9. The number of hydrogen-bond donors (Lipinski definition) is 0. The third-order valence-corrected chi connectivity index (χ3v) is 14.7. The molecule has 6 nitrogen and oxygen atoms in total. The first-order valence-electron chi connectivity index (χ1n) is 34.5. The van der Waals surface area contributed by atoms with Gasteiger partial charge in [-0.25, -0.2) is 0 Å². The molecule has 1 unspecified atom stereocenters. The Bertz CT molecular complexity index is 1690. The molecule has 0 aromatic heterocycles. The average Bonchev–Trinajstić information content (AvgIpc) is 3.47. The fourth-order valence-corrected chi connectivity index (χ4v) is 9.51. The van der Waals surface area contributed by atoms with Crippen molar-refractivity contribution < 1.29 is 28.6 Å². The molecule has 0 radical (unpaired) electrons. The second-order valence-corrected chi connectivity index (χ2v) is 22.7. The van der Waals surface area contributed by atoms with Crippen molar-refractivity contribution in [2.75, 3.05) is 13.2 Å². The summed E-state index contributed by atoms with van der Waals surface area (Å²) in [7, 11) is 0. The van der Waals surface area contributed by atoms with E-state index in [1.165, 1.54) is 167 Å². The highest BCUT2D eigenvalue weighted by atomic mass is 16.6. The molecule has 0 bridgehead atoms. The van der Waals surface area contributed by atoms with Gasteiger partial charge >= 0.3 is 17.9 Å². The van der Waals surface area contributed by atoms with E-state index in [-0.39, 0.29) is 31.1 Å². The maximum absolute atomic E-state index is 12.9. The van der Waals surface area contributed by atoms with Crippen LogP contribution in [0.15, 0.2) is 122 Å². The molecule has 1 atom stereocenters. The number of carbonyl (C=O) groups is 3. The summed E-state index contributed by atoms with van der Waals surface area (Å²) in [6.45, 7) is 6.50. The summed E-state index contributed by atoms with van der Waals surface area (Å²) in [4.78, 5) is 38.3. The van der Waals surface area contributed by atoms with Gasteiger partial charge in [0.1, 0.15) is 13.2 Å². The molecular formula is C76H128O6. The number of esters is 3. The van der Waals surface area contributed by atoms with E-state index in [1.807, 2.05) is 0 Å². The second-order valence-electron chi connectivity index (χ2n) is 22.7. The van der Waals surface area contributed by atoms with Gasteiger partial charge in [0.2, 0.25) is 0 Å². The van der Waals surface area contributed by atoms with Crippen LogP contribution in [0.5, 0.6) is 0 Å². The Morgan fingerprint density at radius 3 is 0.780 bits per heavy atom. The van der Waals surface area contributed by atoms with Gasteiger partial charge in [-0.1, -0.05) is 290 Å². The Balaban J connectivity index is 4.22. The number of unbranched alkanes of at least 4 members (excludes halogenated alkanes) is 31. The van der Waals surface area contributed by atoms with Crippen LogP contribution in [0.4, 0.5) is 0 Å². The van der Waals surface area contributed by atoms with E-state index in [0.717, 1.165) is 116 Å². The lowest BCUT2D eigenvalue weighted by atomic mass is 10.1. The number of hydrogen-bond acceptors (Lipinski definition) is 6. The molecule has 0 aliphatic carbocycles. The van der Waals surface area contributed by atoms with Gasteiger partial charge in [0.05, 0.1) is 0 Å². The van der Waals surface area contributed by atoms with E-state index in [2.05, 4.69) is 142 Å². The highest BCUT2D eigenvalue weighted by molar-refractivity contribution is 5.71. The van der Waals surface area contributed by atoms with Crippen LogP contribution >= 0.6 is 0 Å². The lowest BCUT2D eigenvalue weighted by Crippen LogP contribution is -2.30. The minimum Gasteiger partial charge on any atom is -0.462 e. The van der Waals surface area contributed by atoms with Gasteiger partial charge in [-0.15, -0.1) is 0 Å². The molecule has 0 heterocycles. The standard InChI is InChI=1S/C76H128O6/c1-4-7-10-13-16-19-22-25-27-29-30-31-32-33-34-35-36-37-38-39-40-41-42-43-44-45-46-48-49-51-54-57-60-63-66-69-75(78)81-72-73(71-80-74(77)68-65-62-59-56-53-24-21-18-15-12-9-6-3)82-76(79)70-67-64-61-58-55-52-50-47-28-26-23-20-17-14-11-8-5-2/h7,10,16,18-19,21,25-28,30-31,33-34,36-37,39-40,42-43,73H,4-6,8-9,11-15,17,20,22-24,29,32,35,38,41,44-72H2,1-3H3/b10-7-,19-16-,21-18-,27-25-,28-26-,31-30-,34-33-,37-36-,40-39-,43-42-. The van der Waals surface area contributed by atoms with Gasteiger partial charge in [-0.2, -0.15) is 0 Å². The van der Waals surface area contributed by atoms with Gasteiger partial charge < -0.3 is 14.2 Å². The van der Waals surface area contributed by atoms with Crippen LogP contribution in [0.25, 0.3) is 0 Å². The van der Waals surface area contributed by atoms with Gasteiger partial charge in [-0.3, -0.25) is 14.4 Å². The summed E-state index contributed by atoms with van der Waals surface area (Å²) >= 11 is 0. The van der Waals surface area contributed by atoms with Crippen LogP contribution in [0, 0.1) is 0 Å². The van der Waals surface area contributed by atoms with E-state index in [1.54, 1.807) is 0 Å². The molecule has 468 valence electrons. The minimum absolute atomic E-state index is 0.0842. The quantitative estimate of drug-likeness (QED) is 0.0261. The highest BCUT2D eigenvalue weighted by Crippen LogP contribution is 2.16. The number of rotatable bonds is 62. The van der Waals surface area contributed by atoms with E-state index < -0.39 is 6.10 Å². The normalized spacial score (nSPS) is 12.9. The fourth-order valence-electron chi connectivity index (χ4n) is 9.51. The molecule has 0 fully saturated rings. The second kappa shape index (κ2) is 69.3. The summed E-state index contributed by atoms with van der Waals surface area (Å²) in [5, 5.41) is 0. The van der Waals surface area contributed by atoms with Crippen LogP contribution in [-0.2, 0) is 28.6 Å². The molecule has 0 amide bonds. The smallest absolute Gasteiger partial charge is 0.306 e. The lowest BCUT2D eigenvalue weighted by molar-refractivity contribution is -0.167. The van der Waals surface area contributed by atoms with E-state index in [9.17, 15) is 14.4 Å². The topological polar surface area (TPSA) is 78.9 Å². The van der Waals surface area contributed by atoms with Gasteiger partial charge in [0, 0.05) is 19.3 Å². The number of ether oxygens (including phenoxy) is 3. The largest absolute Gasteiger partial charge is 0.462 e. The molecule has 0 saturated heterocycles. The Morgan fingerprint density at radius 1 is 0.256 bits per heavy atom. The van der Waals surface area contributed by atoms with Crippen molar-refractivity contribution in [1.29, 1.82) is 0 Å². The van der Waals surface area contributed by atoms with E-state index in [0.29, 0.717) is 19.3 Å². The third kappa shape index (κ3) is 66.6. The molecular weight excluding hydrogens is 1010 g/mol. The molecule has 0 spiro atoms. The SMILES string of the molecule is CC/C=C\C/C=C\C/C=C\C/C=C\C/C=C\C/C=C\C/C=C\C/C=C\CCCCCCCCCCCCC(=O)OCC(COC(=O)CCCCCCC/C=C\CCCCC)OC(=O)CCCCCCCCC/C=C\CCCCCCCC. The summed E-state index contributed by atoms with van der Waals surface area (Å²) < 4.78 is 16.9. The molecule has 82 heavy (non-hydrogen) atoms. The molecule has 0 aliphatic rings. The van der Waals surface area contributed by atoms with Crippen LogP contribution in [-0.4, -0.2) is 37.2 Å². The van der Waals surface area contributed by atoms with Crippen molar-refractivity contribution in [3.8, 4) is 0 Å². The zero-order valence-corrected chi connectivity index (χ0v) is 53.7. The Labute approximate surface area is 507 Å². The van der Waals surface area contributed by atoms with Crippen LogP contribution < -0.4 is 0 Å². The summed E-state index contributed by atoms with van der Waals surface area (Å²) in [6.07, 6.45) is 96.5. The van der Waals surface area contributed by atoms with Crippen molar-refractivity contribution in [3.63, 3.8) is 0 Å². The maximum Gasteiger partial charge on any atom is 0.306 e. The highest BCUT2D eigenvalue weighted by Gasteiger charge is 2.19. The monoisotopic (exact) mass is 1140 g/mol. The summed E-state index contributed by atoms with van der Waals surface area (Å²) in [5.41, 5.74) is 0. The number of carbonyl (C=O) groups excluding carboxylic acids is 3. The van der Waals surface area contributed by atoms with Crippen molar-refractivity contribution in [1.82, 2.24) is 0 Å². The minimum atomic E-state index is -0.787. The summed E-state index contributed by atoms with van der Waals surface area (Å²) in [6, 6.07) is 0. The summed E-state index contributed by atoms with van der Waals surface area (Å²) in [5.74, 6) is -0.893. The third-order valence-electron chi connectivity index (χ3n) is 14.7. The van der Waals surface area contributed by atoms with Crippen LogP contribution in [0.2, 0.25) is 0 Å². The van der Waals surface area contributed by atoms with Gasteiger partial charge in [-0.05, 0) is 135 Å². The van der Waals surface area contributed by atoms with Crippen molar-refractivity contribution in [2.45, 2.75) is 329 Å². The van der Waals surface area contributed by atoms with Crippen LogP contribution in [0.3, 0.4) is 0 Å². The van der Waals surface area contributed by atoms with Gasteiger partial charge in [0.15, 0.2) is 6.10 Å². The molecule has 0 N–H and O–H groups in total. The fraction of sp³-hybridized carbons (Fsp3) is 0.697. The zero-order valence-electron chi connectivity index (χ0n) is 53.7. The lowest BCUT2D eigenvalue weighted by Gasteiger charge is -2.18. The molecule has 0 aliphatic heterocycles. The molecule has 0 aromatic rings. The molecule has 6 heteroatoms. The van der Waals surface area contributed by atoms with Crippen LogP contribution in [0.1, 0.15) is 323 Å². The predicted molar refractivity (Wildman–Crippen MR) is 357 cm³/mol. The van der Waals surface area contributed by atoms with Crippen molar-refractivity contribution in [2.24, 2.45) is 0 Å². The Hall–Kier alpha value is -4.19. The van der Waals surface area contributed by atoms with E-state index >= 15 is 0 Å². The predicted octanol–water partition coefficient (Wildman–Crippen LogP) is 23.9. The van der Waals surface area contributed by atoms with Crippen molar-refractivity contribution >= 4 is 17.9 Å². The molecule has 0 saturated carbocycles. The Kier molecular flexibility index (Phi) is 65.8. The first-order chi connectivity index (χ1) is 40.5. The van der Waals surface area contributed by atoms with E-state index in [4.69, 9.17) is 14.2 Å². The molecule has 0 aromatic carbocycles.